The maximum atomic E-state index is 11.9. The summed E-state index contributed by atoms with van der Waals surface area (Å²) in [7, 11) is 0. The molecule has 2 aromatic heterocycles. The SMILES string of the molecule is CC1(C)O[C@H](C(N)=O)[C@@H](c2ncc(-c3ccc(-c4ccc(-c5cnc([C@H]6OC(C)(C)O[C@@H]6C(N)=O)[nH]5)cc4)cc3)[nH]2)O1. The molecule has 12 heteroatoms. The van der Waals surface area contributed by atoms with Crippen LogP contribution >= 0.6 is 0 Å². The van der Waals surface area contributed by atoms with E-state index in [0.717, 1.165) is 33.6 Å². The number of imidazole rings is 2. The van der Waals surface area contributed by atoms with E-state index >= 15 is 0 Å². The number of nitrogens with one attached hydrogen (secondary N) is 2. The van der Waals surface area contributed by atoms with Crippen molar-refractivity contribution >= 4 is 11.8 Å². The summed E-state index contributed by atoms with van der Waals surface area (Å²) in [6.07, 6.45) is 0.0968. The Labute approximate surface area is 241 Å². The third kappa shape index (κ3) is 5.32. The zero-order valence-corrected chi connectivity index (χ0v) is 23.6. The number of aromatic nitrogens is 4. The molecule has 2 amide bonds. The number of aromatic amines is 2. The van der Waals surface area contributed by atoms with Crippen molar-refractivity contribution in [3.8, 4) is 33.6 Å². The minimum Gasteiger partial charge on any atom is -0.367 e. The third-order valence-corrected chi connectivity index (χ3v) is 7.21. The fourth-order valence-electron chi connectivity index (χ4n) is 5.28. The van der Waals surface area contributed by atoms with Crippen LogP contribution in [0.5, 0.6) is 0 Å². The average molecular weight is 573 g/mol. The molecule has 2 aromatic carbocycles. The molecule has 4 aromatic rings. The Morgan fingerprint density at radius 3 is 1.29 bits per heavy atom. The average Bonchev–Trinajstić information content (AvgIpc) is 3.73. The summed E-state index contributed by atoms with van der Waals surface area (Å²) in [5, 5.41) is 0. The summed E-state index contributed by atoms with van der Waals surface area (Å²) < 4.78 is 23.0. The van der Waals surface area contributed by atoms with Crippen molar-refractivity contribution < 1.29 is 28.5 Å². The molecule has 218 valence electrons. The molecule has 4 atom stereocenters. The van der Waals surface area contributed by atoms with E-state index in [-0.39, 0.29) is 0 Å². The van der Waals surface area contributed by atoms with E-state index in [0.29, 0.717) is 11.6 Å². The first-order valence-electron chi connectivity index (χ1n) is 13.5. The number of primary amides is 2. The van der Waals surface area contributed by atoms with E-state index in [9.17, 15) is 9.59 Å². The summed E-state index contributed by atoms with van der Waals surface area (Å²) in [6.45, 7) is 6.91. The molecule has 2 aliphatic heterocycles. The van der Waals surface area contributed by atoms with Crippen molar-refractivity contribution in [3.63, 3.8) is 0 Å². The van der Waals surface area contributed by atoms with Gasteiger partial charge in [-0.25, -0.2) is 9.97 Å². The summed E-state index contributed by atoms with van der Waals surface area (Å²) >= 11 is 0. The number of nitrogens with zero attached hydrogens (tertiary/aromatic N) is 2. The van der Waals surface area contributed by atoms with Crippen LogP contribution in [0.4, 0.5) is 0 Å². The van der Waals surface area contributed by atoms with Gasteiger partial charge in [-0.3, -0.25) is 9.59 Å². The van der Waals surface area contributed by atoms with E-state index < -0.39 is 47.8 Å². The highest BCUT2D eigenvalue weighted by Gasteiger charge is 2.47. The molecular weight excluding hydrogens is 540 g/mol. The molecule has 2 fully saturated rings. The van der Waals surface area contributed by atoms with E-state index in [1.807, 2.05) is 48.5 Å². The Kier molecular flexibility index (Phi) is 6.73. The first-order chi connectivity index (χ1) is 19.9. The lowest BCUT2D eigenvalue weighted by Gasteiger charge is -2.15. The minimum atomic E-state index is -0.946. The summed E-state index contributed by atoms with van der Waals surface area (Å²) in [5.74, 6) is -2.16. The molecule has 4 heterocycles. The predicted molar refractivity (Wildman–Crippen MR) is 151 cm³/mol. The summed E-state index contributed by atoms with van der Waals surface area (Å²) in [6, 6.07) is 16.0. The molecule has 0 bridgehead atoms. The number of carbonyl (C=O) groups is 2. The fraction of sp³-hybridized carbons (Fsp3) is 0.333. The van der Waals surface area contributed by atoms with Crippen LogP contribution in [0, 0.1) is 0 Å². The Bertz CT molecular complexity index is 1500. The molecule has 0 spiro atoms. The van der Waals surface area contributed by atoms with Gasteiger partial charge in [0.1, 0.15) is 11.6 Å². The van der Waals surface area contributed by atoms with Crippen LogP contribution in [-0.2, 0) is 28.5 Å². The van der Waals surface area contributed by atoms with Crippen LogP contribution in [0.3, 0.4) is 0 Å². The lowest BCUT2D eigenvalue weighted by atomic mass is 10.0. The lowest BCUT2D eigenvalue weighted by molar-refractivity contribution is -0.155. The van der Waals surface area contributed by atoms with Gasteiger partial charge in [0.2, 0.25) is 11.8 Å². The van der Waals surface area contributed by atoms with Crippen LogP contribution in [0.15, 0.2) is 60.9 Å². The molecule has 2 saturated heterocycles. The van der Waals surface area contributed by atoms with Crippen molar-refractivity contribution in [2.45, 2.75) is 63.7 Å². The number of nitrogens with two attached hydrogens (primary N) is 2. The molecule has 6 N–H and O–H groups in total. The molecule has 0 unspecified atom stereocenters. The highest BCUT2D eigenvalue weighted by molar-refractivity contribution is 5.80. The highest BCUT2D eigenvalue weighted by Crippen LogP contribution is 2.39. The van der Waals surface area contributed by atoms with E-state index in [1.54, 1.807) is 40.1 Å². The summed E-state index contributed by atoms with van der Waals surface area (Å²) in [4.78, 5) is 39.1. The Morgan fingerprint density at radius 1 is 0.619 bits per heavy atom. The van der Waals surface area contributed by atoms with Gasteiger partial charge in [-0.05, 0) is 49.9 Å². The van der Waals surface area contributed by atoms with E-state index in [2.05, 4.69) is 19.9 Å². The smallest absolute Gasteiger partial charge is 0.249 e. The Hall–Kier alpha value is -4.36. The molecular formula is C30H32N6O6. The Morgan fingerprint density at radius 2 is 0.952 bits per heavy atom. The second-order valence-electron chi connectivity index (χ2n) is 11.3. The topological polar surface area (TPSA) is 180 Å². The second-order valence-corrected chi connectivity index (χ2v) is 11.3. The van der Waals surface area contributed by atoms with Gasteiger partial charge in [0, 0.05) is 0 Å². The molecule has 0 saturated carbocycles. The Balaban J connectivity index is 1.16. The van der Waals surface area contributed by atoms with Gasteiger partial charge in [-0.2, -0.15) is 0 Å². The number of hydrogen-bond acceptors (Lipinski definition) is 8. The van der Waals surface area contributed by atoms with Gasteiger partial charge in [-0.1, -0.05) is 48.5 Å². The number of H-pyrrole nitrogens is 2. The van der Waals surface area contributed by atoms with Crippen molar-refractivity contribution in [1.29, 1.82) is 0 Å². The van der Waals surface area contributed by atoms with Crippen LogP contribution in [0.25, 0.3) is 33.6 Å². The summed E-state index contributed by atoms with van der Waals surface area (Å²) in [5.41, 5.74) is 16.5. The van der Waals surface area contributed by atoms with Crippen LogP contribution in [-0.4, -0.2) is 55.5 Å². The quantitative estimate of drug-likeness (QED) is 0.260. The normalized spacial score (nSPS) is 24.6. The van der Waals surface area contributed by atoms with Gasteiger partial charge >= 0.3 is 0 Å². The number of benzene rings is 2. The van der Waals surface area contributed by atoms with E-state index in [4.69, 9.17) is 30.4 Å². The lowest BCUT2D eigenvalue weighted by Crippen LogP contribution is -2.33. The van der Waals surface area contributed by atoms with Crippen LogP contribution in [0.2, 0.25) is 0 Å². The number of carbonyl (C=O) groups excluding carboxylic acids is 2. The maximum absolute atomic E-state index is 11.9. The molecule has 6 rings (SSSR count). The number of ether oxygens (including phenoxy) is 4. The minimum absolute atomic E-state index is 0.474. The monoisotopic (exact) mass is 572 g/mol. The molecule has 42 heavy (non-hydrogen) atoms. The van der Waals surface area contributed by atoms with Crippen molar-refractivity contribution in [2.24, 2.45) is 11.5 Å². The van der Waals surface area contributed by atoms with Gasteiger partial charge in [-0.15, -0.1) is 0 Å². The zero-order valence-electron chi connectivity index (χ0n) is 23.6. The largest absolute Gasteiger partial charge is 0.367 e. The first-order valence-corrected chi connectivity index (χ1v) is 13.5. The third-order valence-electron chi connectivity index (χ3n) is 7.21. The maximum Gasteiger partial charge on any atom is 0.249 e. The van der Waals surface area contributed by atoms with Gasteiger partial charge < -0.3 is 40.4 Å². The fourth-order valence-corrected chi connectivity index (χ4v) is 5.28. The van der Waals surface area contributed by atoms with E-state index in [1.165, 1.54) is 0 Å². The number of rotatable bonds is 7. The van der Waals surface area contributed by atoms with Gasteiger partial charge in [0.25, 0.3) is 0 Å². The molecule has 0 aliphatic carbocycles. The van der Waals surface area contributed by atoms with Crippen molar-refractivity contribution in [2.75, 3.05) is 0 Å². The molecule has 2 aliphatic rings. The predicted octanol–water partition coefficient (Wildman–Crippen LogP) is 3.49. The van der Waals surface area contributed by atoms with Crippen LogP contribution in [0.1, 0.15) is 51.6 Å². The second kappa shape index (κ2) is 10.2. The highest BCUT2D eigenvalue weighted by atomic mass is 16.8. The number of amides is 2. The van der Waals surface area contributed by atoms with Gasteiger partial charge in [0.05, 0.1) is 23.8 Å². The van der Waals surface area contributed by atoms with Crippen molar-refractivity contribution in [3.05, 3.63) is 72.6 Å². The van der Waals surface area contributed by atoms with Crippen LogP contribution < -0.4 is 11.5 Å². The zero-order chi connectivity index (χ0) is 29.8. The van der Waals surface area contributed by atoms with Crippen molar-refractivity contribution in [1.82, 2.24) is 19.9 Å². The van der Waals surface area contributed by atoms with Gasteiger partial charge in [0.15, 0.2) is 36.0 Å². The molecule has 0 radical (unpaired) electrons. The number of hydrogen-bond donors (Lipinski definition) is 4. The standard InChI is InChI=1S/C30H32N6O6/c1-29(2)39-21(25(31)37)23(41-29)27-33-13-19(35-27)17-9-5-15(6-10-17)16-7-11-18(12-8-16)20-14-34-28(36-20)24-22(26(32)38)40-30(3,4)42-24/h5-14,21-24H,1-4H3,(H2,31,37)(H2,32,38)(H,33,35)(H,34,36)/t21-,22-,23-,24-/m0/s1. The molecule has 12 nitrogen and oxygen atoms in total. The first kappa shape index (κ1) is 27.8.